The van der Waals surface area contributed by atoms with Crippen molar-refractivity contribution in [2.45, 2.75) is 38.0 Å². The van der Waals surface area contributed by atoms with E-state index in [0.29, 0.717) is 44.4 Å². The van der Waals surface area contributed by atoms with Crippen molar-refractivity contribution in [1.29, 1.82) is 0 Å². The Kier molecular flexibility index (Phi) is 8.96. The van der Waals surface area contributed by atoms with Crippen LogP contribution in [0.4, 0.5) is 11.9 Å². The molecule has 9 heteroatoms. The molecule has 1 aliphatic rings. The number of nitrogens with zero attached hydrogens (tertiary/aromatic N) is 5. The Morgan fingerprint density at radius 2 is 1.38 bits per heavy atom. The quantitative estimate of drug-likeness (QED) is 0.546. The molecule has 0 saturated heterocycles. The first kappa shape index (κ1) is 20.8. The highest BCUT2D eigenvalue weighted by atomic mass is 16.5. The van der Waals surface area contributed by atoms with Crippen LogP contribution in [-0.4, -0.2) is 79.1 Å². The Bertz CT molecular complexity index is 482. The van der Waals surface area contributed by atoms with Gasteiger partial charge in [-0.15, -0.1) is 0 Å². The summed E-state index contributed by atoms with van der Waals surface area (Å²) in [5, 5.41) is 18.7. The molecule has 1 saturated carbocycles. The fourth-order valence-corrected chi connectivity index (χ4v) is 3.21. The number of methoxy groups -OCH3 is 2. The van der Waals surface area contributed by atoms with E-state index in [2.05, 4.69) is 15.0 Å². The SMILES string of the molecule is COCN(COC)c1nc(C2CCCCC2)nc(N(CCO)CCO)n1. The third-order valence-corrected chi connectivity index (χ3v) is 4.47. The molecule has 148 valence electrons. The van der Waals surface area contributed by atoms with Gasteiger partial charge < -0.3 is 24.6 Å². The summed E-state index contributed by atoms with van der Waals surface area (Å²) in [4.78, 5) is 17.5. The number of hydrogen-bond acceptors (Lipinski definition) is 9. The van der Waals surface area contributed by atoms with Gasteiger partial charge in [-0.2, -0.15) is 15.0 Å². The number of aromatic nitrogens is 3. The first-order valence-electron chi connectivity index (χ1n) is 9.19. The van der Waals surface area contributed by atoms with Crippen LogP contribution in [0.1, 0.15) is 43.8 Å². The Morgan fingerprint density at radius 1 is 0.846 bits per heavy atom. The Balaban J connectivity index is 2.39. The van der Waals surface area contributed by atoms with Crippen molar-refractivity contribution in [2.75, 3.05) is 63.8 Å². The van der Waals surface area contributed by atoms with Crippen LogP contribution in [0, 0.1) is 0 Å². The third-order valence-electron chi connectivity index (χ3n) is 4.47. The van der Waals surface area contributed by atoms with Crippen LogP contribution in [-0.2, 0) is 9.47 Å². The molecule has 9 nitrogen and oxygen atoms in total. The fraction of sp³-hybridized carbons (Fsp3) is 0.824. The zero-order valence-electron chi connectivity index (χ0n) is 15.8. The van der Waals surface area contributed by atoms with Gasteiger partial charge in [0.2, 0.25) is 11.9 Å². The molecule has 0 bridgehead atoms. The predicted octanol–water partition coefficient (Wildman–Crippen LogP) is 0.725. The maximum Gasteiger partial charge on any atom is 0.234 e. The van der Waals surface area contributed by atoms with Crippen LogP contribution in [0.25, 0.3) is 0 Å². The van der Waals surface area contributed by atoms with E-state index >= 15 is 0 Å². The van der Waals surface area contributed by atoms with E-state index < -0.39 is 0 Å². The molecule has 2 rings (SSSR count). The van der Waals surface area contributed by atoms with E-state index in [-0.39, 0.29) is 13.2 Å². The minimum absolute atomic E-state index is 0.0420. The van der Waals surface area contributed by atoms with E-state index in [4.69, 9.17) is 9.47 Å². The second-order valence-electron chi connectivity index (χ2n) is 6.44. The smallest absolute Gasteiger partial charge is 0.234 e. The zero-order chi connectivity index (χ0) is 18.8. The van der Waals surface area contributed by atoms with E-state index in [0.717, 1.165) is 18.7 Å². The number of ether oxygens (including phenoxy) is 2. The highest BCUT2D eigenvalue weighted by Gasteiger charge is 2.23. The lowest BCUT2D eigenvalue weighted by Crippen LogP contribution is -2.34. The minimum atomic E-state index is -0.0420. The maximum atomic E-state index is 9.34. The van der Waals surface area contributed by atoms with E-state index in [1.54, 1.807) is 24.0 Å². The highest BCUT2D eigenvalue weighted by Crippen LogP contribution is 2.32. The summed E-state index contributed by atoms with van der Waals surface area (Å²) in [5.41, 5.74) is 0. The van der Waals surface area contributed by atoms with Gasteiger partial charge >= 0.3 is 0 Å². The molecule has 1 fully saturated rings. The highest BCUT2D eigenvalue weighted by molar-refractivity contribution is 5.39. The molecule has 1 aromatic rings. The molecule has 0 aromatic carbocycles. The summed E-state index contributed by atoms with van der Waals surface area (Å²) >= 11 is 0. The molecule has 26 heavy (non-hydrogen) atoms. The summed E-state index contributed by atoms with van der Waals surface area (Å²) in [6.07, 6.45) is 5.74. The number of aliphatic hydroxyl groups is 2. The lowest BCUT2D eigenvalue weighted by molar-refractivity contribution is 0.138. The number of anilines is 2. The Morgan fingerprint density at radius 3 is 1.88 bits per heavy atom. The van der Waals surface area contributed by atoms with Gasteiger partial charge in [0.25, 0.3) is 0 Å². The van der Waals surface area contributed by atoms with Gasteiger partial charge in [0.15, 0.2) is 0 Å². The molecular weight excluding hydrogens is 338 g/mol. The van der Waals surface area contributed by atoms with Crippen molar-refractivity contribution < 1.29 is 19.7 Å². The molecule has 0 unspecified atom stereocenters. The molecule has 1 heterocycles. The monoisotopic (exact) mass is 369 g/mol. The first-order valence-corrected chi connectivity index (χ1v) is 9.19. The van der Waals surface area contributed by atoms with Gasteiger partial charge in [0, 0.05) is 33.2 Å². The fourth-order valence-electron chi connectivity index (χ4n) is 3.21. The van der Waals surface area contributed by atoms with Gasteiger partial charge in [-0.1, -0.05) is 19.3 Å². The summed E-state index contributed by atoms with van der Waals surface area (Å²) in [5.74, 6) is 2.03. The van der Waals surface area contributed by atoms with Gasteiger partial charge in [0.1, 0.15) is 19.3 Å². The maximum absolute atomic E-state index is 9.34. The second kappa shape index (κ2) is 11.2. The first-order chi connectivity index (χ1) is 12.7. The molecule has 1 aromatic heterocycles. The Labute approximate surface area is 155 Å². The van der Waals surface area contributed by atoms with Gasteiger partial charge in [-0.25, -0.2) is 0 Å². The summed E-state index contributed by atoms with van der Waals surface area (Å²) < 4.78 is 10.5. The van der Waals surface area contributed by atoms with Crippen molar-refractivity contribution in [3.05, 3.63) is 5.82 Å². The summed E-state index contributed by atoms with van der Waals surface area (Å²) in [7, 11) is 3.22. The van der Waals surface area contributed by atoms with Crippen molar-refractivity contribution in [2.24, 2.45) is 0 Å². The lowest BCUT2D eigenvalue weighted by atomic mass is 9.89. The number of rotatable bonds is 11. The normalized spacial score (nSPS) is 15.2. The van der Waals surface area contributed by atoms with Crippen LogP contribution < -0.4 is 9.80 Å². The topological polar surface area (TPSA) is 104 Å². The van der Waals surface area contributed by atoms with Crippen molar-refractivity contribution >= 4 is 11.9 Å². The molecule has 0 atom stereocenters. The third kappa shape index (κ3) is 5.73. The Hall–Kier alpha value is -1.55. The summed E-state index contributed by atoms with van der Waals surface area (Å²) in [6, 6.07) is 0. The molecule has 0 spiro atoms. The number of hydrogen-bond donors (Lipinski definition) is 2. The molecule has 0 amide bonds. The van der Waals surface area contributed by atoms with E-state index in [1.165, 1.54) is 19.3 Å². The van der Waals surface area contributed by atoms with E-state index in [9.17, 15) is 10.2 Å². The van der Waals surface area contributed by atoms with Crippen molar-refractivity contribution in [1.82, 2.24) is 15.0 Å². The number of aliphatic hydroxyl groups excluding tert-OH is 2. The van der Waals surface area contributed by atoms with Crippen LogP contribution in [0.2, 0.25) is 0 Å². The second-order valence-corrected chi connectivity index (χ2v) is 6.44. The molecule has 0 radical (unpaired) electrons. The lowest BCUT2D eigenvalue weighted by Gasteiger charge is -2.27. The van der Waals surface area contributed by atoms with Crippen LogP contribution >= 0.6 is 0 Å². The predicted molar refractivity (Wildman–Crippen MR) is 98.3 cm³/mol. The van der Waals surface area contributed by atoms with Crippen LogP contribution in [0.15, 0.2) is 0 Å². The largest absolute Gasteiger partial charge is 0.395 e. The van der Waals surface area contributed by atoms with Gasteiger partial charge in [0.05, 0.1) is 13.2 Å². The van der Waals surface area contributed by atoms with Crippen molar-refractivity contribution in [3.8, 4) is 0 Å². The molecule has 0 aliphatic heterocycles. The van der Waals surface area contributed by atoms with Gasteiger partial charge in [-0.3, -0.25) is 4.90 Å². The summed E-state index contributed by atoms with van der Waals surface area (Å²) in [6.45, 7) is 1.20. The average molecular weight is 369 g/mol. The van der Waals surface area contributed by atoms with Crippen LogP contribution in [0.5, 0.6) is 0 Å². The minimum Gasteiger partial charge on any atom is -0.395 e. The molecule has 1 aliphatic carbocycles. The molecular formula is C17H31N5O4. The average Bonchev–Trinajstić information content (AvgIpc) is 2.68. The van der Waals surface area contributed by atoms with Crippen molar-refractivity contribution in [3.63, 3.8) is 0 Å². The zero-order valence-corrected chi connectivity index (χ0v) is 15.8. The standard InChI is InChI=1S/C17H31N5O4/c1-25-12-22(13-26-2)17-19-15(14-6-4-3-5-7-14)18-16(20-17)21(8-10-23)9-11-24/h14,23-24H,3-13H2,1-2H3. The van der Waals surface area contributed by atoms with Crippen LogP contribution in [0.3, 0.4) is 0 Å². The van der Waals surface area contributed by atoms with Gasteiger partial charge in [-0.05, 0) is 12.8 Å². The van der Waals surface area contributed by atoms with E-state index in [1.807, 2.05) is 0 Å². The molecule has 2 N–H and O–H groups in total.